The second kappa shape index (κ2) is 3.38. The van der Waals surface area contributed by atoms with Gasteiger partial charge in [0.25, 0.3) is 5.56 Å². The van der Waals surface area contributed by atoms with Crippen LogP contribution in [0.1, 0.15) is 16.1 Å². The van der Waals surface area contributed by atoms with E-state index in [1.54, 1.807) is 25.9 Å². The van der Waals surface area contributed by atoms with Gasteiger partial charge in [0.1, 0.15) is 5.56 Å². The average molecular weight is 181 g/mol. The summed E-state index contributed by atoms with van der Waals surface area (Å²) in [6, 6.07) is 0. The fraction of sp³-hybridized carbons (Fsp3) is 0.375. The van der Waals surface area contributed by atoms with Crippen molar-refractivity contribution >= 4 is 12.2 Å². The minimum Gasteiger partial charge on any atom is -0.348 e. The minimum atomic E-state index is -0.397. The lowest BCUT2D eigenvalue weighted by Gasteiger charge is -2.10. The van der Waals surface area contributed by atoms with E-state index in [2.05, 4.69) is 9.97 Å². The lowest BCUT2D eigenvalue weighted by atomic mass is 10.3. The van der Waals surface area contributed by atoms with Crippen molar-refractivity contribution in [3.63, 3.8) is 0 Å². The van der Waals surface area contributed by atoms with Gasteiger partial charge in [-0.05, 0) is 6.92 Å². The molecule has 1 heterocycles. The molecular weight excluding hydrogens is 170 g/mol. The van der Waals surface area contributed by atoms with E-state index in [1.165, 1.54) is 0 Å². The van der Waals surface area contributed by atoms with Gasteiger partial charge in [0.15, 0.2) is 6.29 Å². The standard InChI is InChI=1S/C8H11N3O2/c1-5-6(4-12)7(13)10-8(9-5)11(2)3/h4H,1-3H3,(H,9,10,13). The number of hydrogen-bond acceptors (Lipinski definition) is 4. The zero-order valence-corrected chi connectivity index (χ0v) is 7.79. The highest BCUT2D eigenvalue weighted by Gasteiger charge is 2.07. The second-order valence-corrected chi connectivity index (χ2v) is 2.90. The first kappa shape index (κ1) is 9.44. The highest BCUT2D eigenvalue weighted by Crippen LogP contribution is 2.02. The van der Waals surface area contributed by atoms with Crippen molar-refractivity contribution in [3.05, 3.63) is 21.6 Å². The Kier molecular flexibility index (Phi) is 2.46. The summed E-state index contributed by atoms with van der Waals surface area (Å²) in [5.41, 5.74) is 0.138. The van der Waals surface area contributed by atoms with Crippen LogP contribution < -0.4 is 10.5 Å². The molecule has 0 unspecified atom stereocenters. The van der Waals surface area contributed by atoms with Crippen LogP contribution in [0.2, 0.25) is 0 Å². The molecule has 0 aromatic carbocycles. The fourth-order valence-corrected chi connectivity index (χ4v) is 0.931. The van der Waals surface area contributed by atoms with Crippen LogP contribution in [0, 0.1) is 6.92 Å². The van der Waals surface area contributed by atoms with Gasteiger partial charge in [-0.25, -0.2) is 4.98 Å². The van der Waals surface area contributed by atoms with Crippen LogP contribution in [0.15, 0.2) is 4.79 Å². The number of aromatic nitrogens is 2. The number of anilines is 1. The summed E-state index contributed by atoms with van der Waals surface area (Å²) in [5.74, 6) is 0.452. The summed E-state index contributed by atoms with van der Waals surface area (Å²) >= 11 is 0. The molecule has 0 atom stereocenters. The van der Waals surface area contributed by atoms with Gasteiger partial charge in [-0.2, -0.15) is 0 Å². The monoisotopic (exact) mass is 181 g/mol. The molecule has 5 nitrogen and oxygen atoms in total. The van der Waals surface area contributed by atoms with Crippen molar-refractivity contribution in [1.82, 2.24) is 9.97 Å². The zero-order chi connectivity index (χ0) is 10.0. The van der Waals surface area contributed by atoms with Gasteiger partial charge in [-0.15, -0.1) is 0 Å². The van der Waals surface area contributed by atoms with E-state index in [4.69, 9.17) is 0 Å². The van der Waals surface area contributed by atoms with E-state index in [0.29, 0.717) is 17.9 Å². The molecule has 0 fully saturated rings. The predicted molar refractivity (Wildman–Crippen MR) is 49.3 cm³/mol. The minimum absolute atomic E-state index is 0.0885. The fourth-order valence-electron chi connectivity index (χ4n) is 0.931. The lowest BCUT2D eigenvalue weighted by Crippen LogP contribution is -2.22. The smallest absolute Gasteiger partial charge is 0.263 e. The molecule has 0 aliphatic carbocycles. The van der Waals surface area contributed by atoms with E-state index in [1.807, 2.05) is 0 Å². The number of aldehydes is 1. The lowest BCUT2D eigenvalue weighted by molar-refractivity contribution is 0.112. The van der Waals surface area contributed by atoms with E-state index >= 15 is 0 Å². The summed E-state index contributed by atoms with van der Waals surface area (Å²) in [6.45, 7) is 1.63. The first-order chi connectivity index (χ1) is 6.06. The predicted octanol–water partition coefficient (Wildman–Crippen LogP) is -0.0432. The number of aromatic amines is 1. The summed E-state index contributed by atoms with van der Waals surface area (Å²) < 4.78 is 0. The van der Waals surface area contributed by atoms with E-state index in [-0.39, 0.29) is 5.56 Å². The zero-order valence-electron chi connectivity index (χ0n) is 7.79. The van der Waals surface area contributed by atoms with Crippen LogP contribution in [-0.4, -0.2) is 30.3 Å². The summed E-state index contributed by atoms with van der Waals surface area (Å²) in [7, 11) is 3.52. The van der Waals surface area contributed by atoms with Crippen LogP contribution in [0.25, 0.3) is 0 Å². The Morgan fingerprint density at radius 2 is 2.08 bits per heavy atom. The molecule has 1 aromatic rings. The number of aryl methyl sites for hydroxylation is 1. The SMILES string of the molecule is Cc1nc(N(C)C)[nH]c(=O)c1C=O. The molecule has 1 N–H and O–H groups in total. The molecule has 0 aliphatic heterocycles. The number of carbonyl (C=O) groups excluding carboxylic acids is 1. The van der Waals surface area contributed by atoms with Gasteiger partial charge >= 0.3 is 0 Å². The number of nitrogens with zero attached hydrogens (tertiary/aromatic N) is 2. The van der Waals surface area contributed by atoms with Crippen molar-refractivity contribution in [2.45, 2.75) is 6.92 Å². The van der Waals surface area contributed by atoms with Crippen LogP contribution in [0.3, 0.4) is 0 Å². The largest absolute Gasteiger partial charge is 0.348 e. The number of hydrogen-bond donors (Lipinski definition) is 1. The number of rotatable bonds is 2. The van der Waals surface area contributed by atoms with Crippen LogP contribution in [-0.2, 0) is 0 Å². The molecule has 1 rings (SSSR count). The van der Waals surface area contributed by atoms with Crippen molar-refractivity contribution in [3.8, 4) is 0 Å². The normalized spacial score (nSPS) is 9.77. The van der Waals surface area contributed by atoms with Gasteiger partial charge in [-0.1, -0.05) is 0 Å². The highest BCUT2D eigenvalue weighted by molar-refractivity contribution is 5.75. The number of nitrogens with one attached hydrogen (secondary N) is 1. The van der Waals surface area contributed by atoms with Gasteiger partial charge in [-0.3, -0.25) is 14.6 Å². The first-order valence-electron chi connectivity index (χ1n) is 3.79. The maximum Gasteiger partial charge on any atom is 0.263 e. The van der Waals surface area contributed by atoms with Gasteiger partial charge in [0.05, 0.1) is 5.69 Å². The van der Waals surface area contributed by atoms with Crippen LogP contribution in [0.4, 0.5) is 5.95 Å². The molecule has 70 valence electrons. The van der Waals surface area contributed by atoms with Crippen molar-refractivity contribution < 1.29 is 4.79 Å². The first-order valence-corrected chi connectivity index (χ1v) is 3.79. The summed E-state index contributed by atoms with van der Waals surface area (Å²) in [5, 5.41) is 0. The van der Waals surface area contributed by atoms with Gasteiger partial charge in [0.2, 0.25) is 5.95 Å². The molecule has 0 aliphatic rings. The Labute approximate surface area is 75.4 Å². The third-order valence-electron chi connectivity index (χ3n) is 1.67. The molecule has 0 spiro atoms. The quantitative estimate of drug-likeness (QED) is 0.650. The van der Waals surface area contributed by atoms with Gasteiger partial charge in [0, 0.05) is 14.1 Å². The van der Waals surface area contributed by atoms with Crippen molar-refractivity contribution in [2.24, 2.45) is 0 Å². The van der Waals surface area contributed by atoms with E-state index < -0.39 is 5.56 Å². The van der Waals surface area contributed by atoms with Gasteiger partial charge < -0.3 is 4.90 Å². The Morgan fingerprint density at radius 1 is 1.46 bits per heavy atom. The Balaban J connectivity index is 3.37. The average Bonchev–Trinajstić information content (AvgIpc) is 2.03. The van der Waals surface area contributed by atoms with Crippen molar-refractivity contribution in [1.29, 1.82) is 0 Å². The van der Waals surface area contributed by atoms with E-state index in [0.717, 1.165) is 0 Å². The molecule has 0 radical (unpaired) electrons. The number of H-pyrrole nitrogens is 1. The molecule has 0 saturated carbocycles. The summed E-state index contributed by atoms with van der Waals surface area (Å²) in [4.78, 5) is 29.9. The Morgan fingerprint density at radius 3 is 2.46 bits per heavy atom. The molecule has 0 amide bonds. The third-order valence-corrected chi connectivity index (χ3v) is 1.67. The number of carbonyl (C=O) groups is 1. The second-order valence-electron chi connectivity index (χ2n) is 2.90. The Hall–Kier alpha value is -1.65. The third kappa shape index (κ3) is 1.74. The molecular formula is C8H11N3O2. The summed E-state index contributed by atoms with van der Waals surface area (Å²) in [6.07, 6.45) is 0.514. The van der Waals surface area contributed by atoms with Crippen molar-refractivity contribution in [2.75, 3.05) is 19.0 Å². The molecule has 13 heavy (non-hydrogen) atoms. The van der Waals surface area contributed by atoms with Crippen LogP contribution >= 0.6 is 0 Å². The van der Waals surface area contributed by atoms with Crippen LogP contribution in [0.5, 0.6) is 0 Å². The van der Waals surface area contributed by atoms with E-state index in [9.17, 15) is 9.59 Å². The Bertz CT molecular complexity index is 381. The molecule has 0 saturated heterocycles. The maximum absolute atomic E-state index is 11.2. The molecule has 0 bridgehead atoms. The maximum atomic E-state index is 11.2. The molecule has 1 aromatic heterocycles. The molecule has 5 heteroatoms. The topological polar surface area (TPSA) is 66.1 Å². The highest BCUT2D eigenvalue weighted by atomic mass is 16.1.